The predicted molar refractivity (Wildman–Crippen MR) is 108 cm³/mol. The molecule has 0 unspecified atom stereocenters. The van der Waals surface area contributed by atoms with Gasteiger partial charge in [0, 0.05) is 16.5 Å². The van der Waals surface area contributed by atoms with E-state index in [2.05, 4.69) is 26.5 Å². The first kappa shape index (κ1) is 19.3. The lowest BCUT2D eigenvalue weighted by atomic mass is 9.87. The number of hydrazone groups is 1. The number of hydrogen-bond donors (Lipinski definition) is 1. The van der Waals surface area contributed by atoms with E-state index >= 15 is 0 Å². The number of esters is 1. The Morgan fingerprint density at radius 2 is 2.04 bits per heavy atom. The lowest BCUT2D eigenvalue weighted by Gasteiger charge is -2.23. The summed E-state index contributed by atoms with van der Waals surface area (Å²) in [5.74, 6) is -0.482. The van der Waals surface area contributed by atoms with Gasteiger partial charge in [0.1, 0.15) is 11.8 Å². The third-order valence-electron chi connectivity index (χ3n) is 4.44. The van der Waals surface area contributed by atoms with Gasteiger partial charge in [-0.1, -0.05) is 52.3 Å². The average Bonchev–Trinajstić information content (AvgIpc) is 2.68. The molecule has 0 spiro atoms. The number of nitrogens with zero attached hydrogens (tertiary/aromatic N) is 1. The monoisotopic (exact) mass is 428 g/mol. The van der Waals surface area contributed by atoms with Crippen LogP contribution in [0.15, 0.2) is 58.1 Å². The van der Waals surface area contributed by atoms with Crippen molar-refractivity contribution in [2.24, 2.45) is 5.10 Å². The summed E-state index contributed by atoms with van der Waals surface area (Å²) in [5.41, 5.74) is 5.87. The lowest BCUT2D eigenvalue weighted by Crippen LogP contribution is -2.39. The zero-order valence-corrected chi connectivity index (χ0v) is 16.7. The molecule has 0 bridgehead atoms. The maximum atomic E-state index is 12.8. The summed E-state index contributed by atoms with van der Waals surface area (Å²) < 4.78 is 5.98. The average molecular weight is 429 g/mol. The fraction of sp³-hybridized carbons (Fsp3) is 0.286. The Morgan fingerprint density at radius 1 is 1.26 bits per heavy atom. The Labute approximate surface area is 166 Å². The van der Waals surface area contributed by atoms with Gasteiger partial charge in [-0.3, -0.25) is 10.2 Å². The summed E-state index contributed by atoms with van der Waals surface area (Å²) in [5, 5.41) is 4.27. The van der Waals surface area contributed by atoms with Crippen molar-refractivity contribution in [2.75, 3.05) is 6.61 Å². The molecule has 2 aromatic carbocycles. The van der Waals surface area contributed by atoms with Gasteiger partial charge < -0.3 is 4.74 Å². The molecule has 0 saturated carbocycles. The van der Waals surface area contributed by atoms with E-state index in [1.54, 1.807) is 6.92 Å². The van der Waals surface area contributed by atoms with Gasteiger partial charge in [0.05, 0.1) is 6.61 Å². The van der Waals surface area contributed by atoms with Gasteiger partial charge in [-0.25, -0.2) is 4.79 Å². The third-order valence-corrected chi connectivity index (χ3v) is 4.93. The summed E-state index contributed by atoms with van der Waals surface area (Å²) in [6.07, 6.45) is 1.77. The number of halogens is 1. The summed E-state index contributed by atoms with van der Waals surface area (Å²) in [6, 6.07) is 14.9. The molecule has 0 aliphatic heterocycles. The second-order valence-corrected chi connectivity index (χ2v) is 7.24. The van der Waals surface area contributed by atoms with E-state index in [1.807, 2.05) is 48.5 Å². The highest BCUT2D eigenvalue weighted by molar-refractivity contribution is 9.10. The number of hydrogen-bond acceptors (Lipinski definition) is 5. The van der Waals surface area contributed by atoms with Gasteiger partial charge in [-0.05, 0) is 43.0 Å². The van der Waals surface area contributed by atoms with Crippen LogP contribution < -0.4 is 5.43 Å². The summed E-state index contributed by atoms with van der Waals surface area (Å²) >= 11 is 3.41. The van der Waals surface area contributed by atoms with Crippen LogP contribution in [-0.2, 0) is 22.4 Å². The smallest absolute Gasteiger partial charge is 0.354 e. The van der Waals surface area contributed by atoms with Gasteiger partial charge in [0.2, 0.25) is 0 Å². The molecule has 6 heteroatoms. The molecule has 0 saturated heterocycles. The highest BCUT2D eigenvalue weighted by Gasteiger charge is 2.27. The molecule has 1 N–H and O–H groups in total. The minimum Gasteiger partial charge on any atom is -0.461 e. The highest BCUT2D eigenvalue weighted by atomic mass is 79.9. The van der Waals surface area contributed by atoms with E-state index in [-0.39, 0.29) is 18.1 Å². The van der Waals surface area contributed by atoms with Gasteiger partial charge in [-0.15, -0.1) is 0 Å². The quantitative estimate of drug-likeness (QED) is 0.432. The number of fused-ring (bicyclic) bond motifs is 1. The largest absolute Gasteiger partial charge is 0.461 e. The van der Waals surface area contributed by atoms with E-state index in [9.17, 15) is 9.59 Å². The van der Waals surface area contributed by atoms with Crippen molar-refractivity contribution in [3.63, 3.8) is 0 Å². The predicted octanol–water partition coefficient (Wildman–Crippen LogP) is 3.70. The number of benzene rings is 2. The van der Waals surface area contributed by atoms with Crippen LogP contribution in [-0.4, -0.2) is 30.1 Å². The highest BCUT2D eigenvalue weighted by Crippen LogP contribution is 2.25. The van der Waals surface area contributed by atoms with Crippen molar-refractivity contribution >= 4 is 33.4 Å². The van der Waals surface area contributed by atoms with Crippen molar-refractivity contribution < 1.29 is 14.3 Å². The number of ether oxygens (including phenoxy) is 1. The molecule has 0 aromatic heterocycles. The Balaban J connectivity index is 1.77. The zero-order valence-electron chi connectivity index (χ0n) is 15.1. The minimum absolute atomic E-state index is 0.00998. The first-order chi connectivity index (χ1) is 13.1. The second kappa shape index (κ2) is 8.95. The lowest BCUT2D eigenvalue weighted by molar-refractivity contribution is -0.135. The van der Waals surface area contributed by atoms with Crippen LogP contribution in [0, 0.1) is 0 Å². The van der Waals surface area contributed by atoms with Gasteiger partial charge in [0.15, 0.2) is 5.78 Å². The number of rotatable bonds is 6. The molecule has 27 heavy (non-hydrogen) atoms. The van der Waals surface area contributed by atoms with Crippen LogP contribution in [0.5, 0.6) is 0 Å². The zero-order chi connectivity index (χ0) is 19.2. The topological polar surface area (TPSA) is 67.8 Å². The van der Waals surface area contributed by atoms with Crippen molar-refractivity contribution in [3.8, 4) is 0 Å². The maximum absolute atomic E-state index is 12.8. The minimum atomic E-state index is -0.472. The Hall–Kier alpha value is -2.47. The summed E-state index contributed by atoms with van der Waals surface area (Å²) in [4.78, 5) is 25.0. The molecular formula is C21H21BrN2O3. The van der Waals surface area contributed by atoms with Crippen LogP contribution in [0.3, 0.4) is 0 Å². The van der Waals surface area contributed by atoms with Crippen LogP contribution in [0.25, 0.3) is 0 Å². The fourth-order valence-corrected chi connectivity index (χ4v) is 3.42. The van der Waals surface area contributed by atoms with E-state index in [0.29, 0.717) is 18.4 Å². The second-order valence-electron chi connectivity index (χ2n) is 6.33. The molecule has 1 aliphatic rings. The Morgan fingerprint density at radius 3 is 2.78 bits per heavy atom. The molecule has 140 valence electrons. The number of carbonyl (C=O) groups excluding carboxylic acids is 2. The number of nitrogens with one attached hydrogen (secondary N) is 1. The molecule has 5 nitrogen and oxygen atoms in total. The number of ketones is 1. The van der Waals surface area contributed by atoms with E-state index in [0.717, 1.165) is 22.0 Å². The summed E-state index contributed by atoms with van der Waals surface area (Å²) in [6.45, 7) is 2.03. The van der Waals surface area contributed by atoms with Crippen LogP contribution in [0.1, 0.15) is 34.8 Å². The number of Topliss-reactive ketones (excluding diaryl/α,β-unsaturated/α-hetero) is 1. The maximum Gasteiger partial charge on any atom is 0.354 e. The molecule has 0 heterocycles. The molecule has 3 rings (SSSR count). The van der Waals surface area contributed by atoms with Crippen molar-refractivity contribution in [1.82, 2.24) is 5.43 Å². The third kappa shape index (κ3) is 4.83. The molecular weight excluding hydrogens is 408 g/mol. The van der Waals surface area contributed by atoms with Crippen LogP contribution in [0.4, 0.5) is 0 Å². The Kier molecular flexibility index (Phi) is 6.40. The van der Waals surface area contributed by atoms with E-state index in [4.69, 9.17) is 4.74 Å². The molecule has 1 atom stereocenters. The molecule has 0 radical (unpaired) electrons. The molecule has 1 aliphatic carbocycles. The van der Waals surface area contributed by atoms with Crippen LogP contribution in [0.2, 0.25) is 0 Å². The van der Waals surface area contributed by atoms with E-state index < -0.39 is 12.0 Å². The molecule has 0 fully saturated rings. The van der Waals surface area contributed by atoms with Gasteiger partial charge in [0.25, 0.3) is 0 Å². The first-order valence-corrected chi connectivity index (χ1v) is 9.73. The normalized spacial score (nSPS) is 16.6. The standard InChI is InChI=1S/C21H21BrN2O3/c1-2-27-21(26)19(12-14-6-4-3-5-7-14)24-23-18-11-9-15-8-10-16(22)13-17(15)20(18)25/h3-8,10,13,18,23H,2,9,11-12H2,1H3/b24-19-/t18-/m0/s1. The molecule has 2 aromatic rings. The number of carbonyl (C=O) groups is 2. The summed E-state index contributed by atoms with van der Waals surface area (Å²) in [7, 11) is 0. The van der Waals surface area contributed by atoms with Gasteiger partial charge in [-0.2, -0.15) is 5.10 Å². The first-order valence-electron chi connectivity index (χ1n) is 8.94. The fourth-order valence-electron chi connectivity index (χ4n) is 3.05. The van der Waals surface area contributed by atoms with Crippen molar-refractivity contribution in [1.29, 1.82) is 0 Å². The van der Waals surface area contributed by atoms with Crippen molar-refractivity contribution in [2.45, 2.75) is 32.2 Å². The Bertz CT molecular complexity index is 865. The van der Waals surface area contributed by atoms with Crippen molar-refractivity contribution in [3.05, 3.63) is 69.7 Å². The molecule has 0 amide bonds. The van der Waals surface area contributed by atoms with Gasteiger partial charge >= 0.3 is 5.97 Å². The van der Waals surface area contributed by atoms with E-state index in [1.165, 1.54) is 0 Å². The SMILES string of the molecule is CCOC(=O)/C(Cc1ccccc1)=N\N[C@H]1CCc2ccc(Br)cc2C1=O. The van der Waals surface area contributed by atoms with Crippen LogP contribution >= 0.6 is 15.9 Å². The number of aryl methyl sites for hydroxylation is 1.